The summed E-state index contributed by atoms with van der Waals surface area (Å²) in [5, 5.41) is -0.0976. The van der Waals surface area contributed by atoms with Crippen LogP contribution in [-0.4, -0.2) is 30.4 Å². The Hall–Kier alpha value is -1.36. The molecule has 44 heavy (non-hydrogen) atoms. The summed E-state index contributed by atoms with van der Waals surface area (Å²) in [6.07, 6.45) is 10.8. The van der Waals surface area contributed by atoms with Crippen molar-refractivity contribution in [3.05, 3.63) is 12.2 Å². The lowest BCUT2D eigenvalue weighted by molar-refractivity contribution is -0.248. The quantitative estimate of drug-likeness (QED) is 0.159. The lowest BCUT2D eigenvalue weighted by atomic mass is 9.32. The Bertz CT molecular complexity index is 1210. The Morgan fingerprint density at radius 1 is 0.818 bits per heavy atom. The lowest BCUT2D eigenvalue weighted by Crippen LogP contribution is -2.67. The molecule has 6 heteroatoms. The van der Waals surface area contributed by atoms with E-state index in [1.807, 2.05) is 13.8 Å². The molecule has 0 spiro atoms. The molecule has 0 aromatic heterocycles. The number of fused-ring (bicyclic) bond motifs is 7. The molecule has 0 aromatic carbocycles. The Morgan fingerprint density at radius 3 is 2.09 bits per heavy atom. The van der Waals surface area contributed by atoms with Gasteiger partial charge in [0.2, 0.25) is 5.24 Å². The first-order chi connectivity index (χ1) is 20.3. The number of halogens is 1. The van der Waals surface area contributed by atoms with Crippen LogP contribution in [0.2, 0.25) is 0 Å². The molecule has 0 radical (unpaired) electrons. The fourth-order valence-electron chi connectivity index (χ4n) is 12.8. The predicted molar refractivity (Wildman–Crippen MR) is 175 cm³/mol. The fraction of sp³-hybridized carbons (Fsp3) is 0.868. The molecule has 0 heterocycles. The van der Waals surface area contributed by atoms with Crippen LogP contribution in [-0.2, 0) is 23.9 Å². The number of carbonyl (C=O) groups excluding carboxylic acids is 3. The fourth-order valence-corrected chi connectivity index (χ4v) is 13.1. The molecule has 5 saturated carbocycles. The van der Waals surface area contributed by atoms with Gasteiger partial charge in [0.1, 0.15) is 6.10 Å². The molecular weight excluding hydrogens is 572 g/mol. The van der Waals surface area contributed by atoms with Crippen LogP contribution in [0.4, 0.5) is 0 Å². The van der Waals surface area contributed by atoms with E-state index in [0.717, 1.165) is 51.4 Å². The highest BCUT2D eigenvalue weighted by molar-refractivity contribution is 6.64. The zero-order valence-corrected chi connectivity index (χ0v) is 29.8. The van der Waals surface area contributed by atoms with Crippen LogP contribution in [0.1, 0.15) is 132 Å². The van der Waals surface area contributed by atoms with E-state index >= 15 is 0 Å². The van der Waals surface area contributed by atoms with Crippen molar-refractivity contribution in [2.75, 3.05) is 7.11 Å². The van der Waals surface area contributed by atoms with E-state index in [9.17, 15) is 14.4 Å². The Kier molecular flexibility index (Phi) is 8.59. The van der Waals surface area contributed by atoms with Crippen LogP contribution < -0.4 is 0 Å². The standard InChI is InChI=1S/C38H59ClO5/c1-23(2)24-13-18-38(32(39)42)20-19-36(8)25(31(24)38)11-12-27-35(7)16-15-28(34(5,6)26(35)14-17-37(27,36)9)44-30(41)22-33(3,4)21-29(40)43-10/h24-28,31H,1,11-22H2,2-10H3/t24?,25?,26?,27?,28-,31?,35-,36+,37?,38?/m0/s1. The lowest BCUT2D eigenvalue weighted by Gasteiger charge is -2.72. The molecule has 5 aliphatic rings. The Morgan fingerprint density at radius 2 is 1.48 bits per heavy atom. The van der Waals surface area contributed by atoms with E-state index in [0.29, 0.717) is 29.6 Å². The van der Waals surface area contributed by atoms with Crippen molar-refractivity contribution >= 4 is 28.8 Å². The first-order valence-corrected chi connectivity index (χ1v) is 17.8. The SMILES string of the molecule is C=C(C)C1CCC2(C(=O)Cl)CC[C@]3(C)C(CCC4C3(C)CCC3C(C)(C)[C@@H](OC(=O)CC(C)(C)CC(=O)OC)CC[C@@]34C)C12. The van der Waals surface area contributed by atoms with Gasteiger partial charge in [-0.05, 0) is 134 Å². The molecule has 0 aliphatic heterocycles. The minimum Gasteiger partial charge on any atom is -0.469 e. The van der Waals surface area contributed by atoms with Crippen LogP contribution in [0.5, 0.6) is 0 Å². The first kappa shape index (κ1) is 34.0. The van der Waals surface area contributed by atoms with Gasteiger partial charge in [0.05, 0.1) is 20.0 Å². The average molecular weight is 631 g/mol. The second-order valence-electron chi connectivity index (χ2n) is 18.0. The van der Waals surface area contributed by atoms with Crippen molar-refractivity contribution in [3.8, 4) is 0 Å². The molecular formula is C38H59ClO5. The van der Waals surface area contributed by atoms with Crippen molar-refractivity contribution in [2.24, 2.45) is 62.1 Å². The zero-order valence-electron chi connectivity index (χ0n) is 29.1. The van der Waals surface area contributed by atoms with Gasteiger partial charge in [0.25, 0.3) is 0 Å². The molecule has 5 aliphatic carbocycles. The van der Waals surface area contributed by atoms with Gasteiger partial charge in [0, 0.05) is 10.8 Å². The van der Waals surface area contributed by atoms with Gasteiger partial charge in [-0.3, -0.25) is 14.4 Å². The molecule has 7 unspecified atom stereocenters. The third-order valence-corrected chi connectivity index (χ3v) is 15.5. The normalized spacial score (nSPS) is 44.3. The van der Waals surface area contributed by atoms with E-state index in [4.69, 9.17) is 21.1 Å². The highest BCUT2D eigenvalue weighted by Gasteiger charge is 2.72. The first-order valence-electron chi connectivity index (χ1n) is 17.4. The number of methoxy groups -OCH3 is 1. The molecule has 5 fully saturated rings. The molecule has 0 aromatic rings. The number of rotatable bonds is 7. The maximum Gasteiger partial charge on any atom is 0.306 e. The average Bonchev–Trinajstić information content (AvgIpc) is 3.31. The molecule has 10 atom stereocenters. The summed E-state index contributed by atoms with van der Waals surface area (Å²) in [7, 11) is 1.39. The molecule has 5 nitrogen and oxygen atoms in total. The van der Waals surface area contributed by atoms with Gasteiger partial charge in [-0.15, -0.1) is 0 Å². The van der Waals surface area contributed by atoms with Crippen LogP contribution >= 0.6 is 11.6 Å². The summed E-state index contributed by atoms with van der Waals surface area (Å²) in [4.78, 5) is 38.3. The number of allylic oxidation sites excluding steroid dienone is 1. The molecule has 0 amide bonds. The second kappa shape index (κ2) is 11.1. The molecule has 5 rings (SSSR count). The van der Waals surface area contributed by atoms with E-state index in [2.05, 4.69) is 48.1 Å². The third kappa shape index (κ3) is 4.94. The van der Waals surface area contributed by atoms with Crippen LogP contribution in [0.15, 0.2) is 12.2 Å². The number of ether oxygens (including phenoxy) is 2. The minimum atomic E-state index is -0.508. The van der Waals surface area contributed by atoms with Gasteiger partial charge >= 0.3 is 11.9 Å². The van der Waals surface area contributed by atoms with Crippen LogP contribution in [0, 0.1) is 62.1 Å². The van der Waals surface area contributed by atoms with Crippen molar-refractivity contribution in [3.63, 3.8) is 0 Å². The Labute approximate surface area is 272 Å². The largest absolute Gasteiger partial charge is 0.469 e. The molecule has 0 N–H and O–H groups in total. The maximum atomic E-state index is 13.2. The van der Waals surface area contributed by atoms with E-state index < -0.39 is 5.41 Å². The number of carbonyl (C=O) groups is 3. The zero-order chi connectivity index (χ0) is 32.7. The summed E-state index contributed by atoms with van der Waals surface area (Å²) in [6, 6.07) is 0. The summed E-state index contributed by atoms with van der Waals surface area (Å²) < 4.78 is 11.1. The second-order valence-corrected chi connectivity index (χ2v) is 18.4. The minimum absolute atomic E-state index is 0.0976. The highest BCUT2D eigenvalue weighted by atomic mass is 35.5. The van der Waals surface area contributed by atoms with Gasteiger partial charge in [0.15, 0.2) is 0 Å². The van der Waals surface area contributed by atoms with Crippen molar-refractivity contribution in [2.45, 2.75) is 139 Å². The van der Waals surface area contributed by atoms with Gasteiger partial charge < -0.3 is 9.47 Å². The third-order valence-electron chi connectivity index (χ3n) is 15.1. The van der Waals surface area contributed by atoms with E-state index in [1.54, 1.807) is 0 Å². The van der Waals surface area contributed by atoms with Crippen molar-refractivity contribution in [1.82, 2.24) is 0 Å². The summed E-state index contributed by atoms with van der Waals surface area (Å²) >= 11 is 6.50. The summed E-state index contributed by atoms with van der Waals surface area (Å²) in [6.45, 7) is 22.8. The topological polar surface area (TPSA) is 69.7 Å². The number of hydrogen-bond acceptors (Lipinski definition) is 5. The monoisotopic (exact) mass is 630 g/mol. The van der Waals surface area contributed by atoms with Crippen LogP contribution in [0.25, 0.3) is 0 Å². The summed E-state index contributed by atoms with van der Waals surface area (Å²) in [5.41, 5.74) is 0.700. The summed E-state index contributed by atoms with van der Waals surface area (Å²) in [5.74, 6) is 1.73. The van der Waals surface area contributed by atoms with E-state index in [1.165, 1.54) is 25.5 Å². The van der Waals surface area contributed by atoms with Gasteiger partial charge in [-0.1, -0.05) is 60.6 Å². The van der Waals surface area contributed by atoms with Crippen LogP contribution in [0.3, 0.4) is 0 Å². The van der Waals surface area contributed by atoms with Crippen molar-refractivity contribution in [1.29, 1.82) is 0 Å². The predicted octanol–water partition coefficient (Wildman–Crippen LogP) is 9.30. The smallest absolute Gasteiger partial charge is 0.306 e. The highest BCUT2D eigenvalue weighted by Crippen LogP contribution is 2.77. The molecule has 0 bridgehead atoms. The number of esters is 2. The molecule has 0 saturated heterocycles. The van der Waals surface area contributed by atoms with E-state index in [-0.39, 0.29) is 63.2 Å². The van der Waals surface area contributed by atoms with Crippen molar-refractivity contribution < 1.29 is 23.9 Å². The number of hydrogen-bond donors (Lipinski definition) is 0. The Balaban J connectivity index is 1.38. The van der Waals surface area contributed by atoms with Gasteiger partial charge in [-0.25, -0.2) is 0 Å². The van der Waals surface area contributed by atoms with Gasteiger partial charge in [-0.2, -0.15) is 0 Å². The maximum absolute atomic E-state index is 13.2. The molecule has 248 valence electrons.